The van der Waals surface area contributed by atoms with E-state index in [0.29, 0.717) is 5.92 Å². The number of nitrogens with two attached hydrogens (primary N) is 1. The molecule has 0 aromatic heterocycles. The molecule has 3 nitrogen and oxygen atoms in total. The normalized spacial score (nSPS) is 37.5. The van der Waals surface area contributed by atoms with E-state index < -0.39 is 0 Å². The van der Waals surface area contributed by atoms with Crippen molar-refractivity contribution in [3.05, 3.63) is 0 Å². The van der Waals surface area contributed by atoms with E-state index in [1.165, 1.54) is 58.0 Å². The molecule has 2 unspecified atom stereocenters. The Morgan fingerprint density at radius 1 is 1.19 bits per heavy atom. The van der Waals surface area contributed by atoms with Gasteiger partial charge in [0, 0.05) is 25.2 Å². The van der Waals surface area contributed by atoms with Crippen LogP contribution in [0.25, 0.3) is 0 Å². The van der Waals surface area contributed by atoms with E-state index in [1.807, 2.05) is 0 Å². The van der Waals surface area contributed by atoms with Crippen molar-refractivity contribution in [3.8, 4) is 0 Å². The van der Waals surface area contributed by atoms with Crippen LogP contribution in [0.4, 0.5) is 0 Å². The first-order valence-electron chi connectivity index (χ1n) is 7.00. The third-order valence-corrected chi connectivity index (χ3v) is 4.55. The molecule has 0 spiro atoms. The highest BCUT2D eigenvalue weighted by molar-refractivity contribution is 4.95. The summed E-state index contributed by atoms with van der Waals surface area (Å²) in [4.78, 5) is 0. The van der Waals surface area contributed by atoms with E-state index in [9.17, 15) is 0 Å². The number of nitrogens with zero attached hydrogens (tertiary/aromatic N) is 1. The van der Waals surface area contributed by atoms with Gasteiger partial charge >= 0.3 is 0 Å². The number of piperidine rings is 1. The SMILES string of the molecule is CC1CCCCC1(CN)NN1CCCCC1. The Balaban J connectivity index is 1.96. The quantitative estimate of drug-likeness (QED) is 0.770. The van der Waals surface area contributed by atoms with Crippen LogP contribution >= 0.6 is 0 Å². The zero-order valence-electron chi connectivity index (χ0n) is 10.7. The summed E-state index contributed by atoms with van der Waals surface area (Å²) in [5.74, 6) is 0.716. The van der Waals surface area contributed by atoms with Crippen molar-refractivity contribution in [2.45, 2.75) is 57.4 Å². The molecule has 2 fully saturated rings. The number of rotatable bonds is 3. The van der Waals surface area contributed by atoms with Gasteiger partial charge in [-0.25, -0.2) is 10.4 Å². The number of nitrogens with one attached hydrogen (secondary N) is 1. The van der Waals surface area contributed by atoms with Gasteiger partial charge < -0.3 is 5.73 Å². The summed E-state index contributed by atoms with van der Waals surface area (Å²) in [6, 6.07) is 0. The van der Waals surface area contributed by atoms with Crippen molar-refractivity contribution < 1.29 is 0 Å². The molecule has 3 heteroatoms. The molecule has 16 heavy (non-hydrogen) atoms. The van der Waals surface area contributed by atoms with Crippen molar-refractivity contribution in [2.24, 2.45) is 11.7 Å². The maximum absolute atomic E-state index is 6.06. The lowest BCUT2D eigenvalue weighted by Gasteiger charge is -2.46. The van der Waals surface area contributed by atoms with Crippen LogP contribution < -0.4 is 11.2 Å². The van der Waals surface area contributed by atoms with Crippen LogP contribution in [-0.2, 0) is 0 Å². The van der Waals surface area contributed by atoms with E-state index in [-0.39, 0.29) is 5.54 Å². The molecule has 0 aromatic rings. The smallest absolute Gasteiger partial charge is 0.0473 e. The fourth-order valence-electron chi connectivity index (χ4n) is 3.25. The summed E-state index contributed by atoms with van der Waals surface area (Å²) < 4.78 is 0. The Hall–Kier alpha value is -0.120. The second-order valence-electron chi connectivity index (χ2n) is 5.67. The van der Waals surface area contributed by atoms with E-state index in [1.54, 1.807) is 0 Å². The van der Waals surface area contributed by atoms with E-state index in [4.69, 9.17) is 5.73 Å². The molecule has 94 valence electrons. The van der Waals surface area contributed by atoms with Crippen molar-refractivity contribution in [2.75, 3.05) is 19.6 Å². The fraction of sp³-hybridized carbons (Fsp3) is 1.00. The Labute approximate surface area is 99.7 Å². The molecule has 0 aromatic carbocycles. The minimum absolute atomic E-state index is 0.190. The summed E-state index contributed by atoms with van der Waals surface area (Å²) in [5, 5.41) is 2.43. The first-order valence-corrected chi connectivity index (χ1v) is 7.00. The van der Waals surface area contributed by atoms with E-state index >= 15 is 0 Å². The van der Waals surface area contributed by atoms with Gasteiger partial charge in [-0.2, -0.15) is 0 Å². The average molecular weight is 225 g/mol. The predicted octanol–water partition coefficient (Wildman–Crippen LogP) is 1.88. The van der Waals surface area contributed by atoms with Gasteiger partial charge in [0.05, 0.1) is 0 Å². The molecule has 2 rings (SSSR count). The van der Waals surface area contributed by atoms with Gasteiger partial charge in [0.1, 0.15) is 0 Å². The largest absolute Gasteiger partial charge is 0.329 e. The number of hydrazine groups is 1. The molecule has 0 bridgehead atoms. The third kappa shape index (κ3) is 2.58. The van der Waals surface area contributed by atoms with E-state index in [2.05, 4.69) is 17.4 Å². The first-order chi connectivity index (χ1) is 7.77. The molecule has 0 amide bonds. The Bertz CT molecular complexity index is 213. The van der Waals surface area contributed by atoms with Gasteiger partial charge in [-0.15, -0.1) is 0 Å². The third-order valence-electron chi connectivity index (χ3n) is 4.55. The average Bonchev–Trinajstić information content (AvgIpc) is 2.34. The van der Waals surface area contributed by atoms with Crippen LogP contribution in [0.5, 0.6) is 0 Å². The molecule has 2 atom stereocenters. The highest BCUT2D eigenvalue weighted by atomic mass is 15.5. The zero-order valence-corrected chi connectivity index (χ0v) is 10.7. The van der Waals surface area contributed by atoms with Crippen LogP contribution in [0.3, 0.4) is 0 Å². The van der Waals surface area contributed by atoms with Crippen LogP contribution in [-0.4, -0.2) is 30.2 Å². The minimum Gasteiger partial charge on any atom is -0.329 e. The lowest BCUT2D eigenvalue weighted by atomic mass is 9.74. The Kier molecular flexibility index (Phi) is 4.22. The molecule has 1 saturated carbocycles. The lowest BCUT2D eigenvalue weighted by Crippen LogP contribution is -2.63. The molecular weight excluding hydrogens is 198 g/mol. The maximum atomic E-state index is 6.06. The minimum atomic E-state index is 0.190. The molecule has 0 radical (unpaired) electrons. The predicted molar refractivity (Wildman–Crippen MR) is 68.0 cm³/mol. The van der Waals surface area contributed by atoms with Gasteiger partial charge in [-0.3, -0.25) is 0 Å². The standard InChI is InChI=1S/C13H27N3/c1-12-7-3-4-8-13(12,11-14)15-16-9-5-2-6-10-16/h12,15H,2-11,14H2,1H3. The van der Waals surface area contributed by atoms with Crippen LogP contribution in [0.1, 0.15) is 51.9 Å². The molecule has 3 N–H and O–H groups in total. The van der Waals surface area contributed by atoms with Gasteiger partial charge in [-0.1, -0.05) is 26.2 Å². The van der Waals surface area contributed by atoms with Gasteiger partial charge in [0.15, 0.2) is 0 Å². The molecule has 1 saturated heterocycles. The first kappa shape index (κ1) is 12.3. The fourth-order valence-corrected chi connectivity index (χ4v) is 3.25. The molecular formula is C13H27N3. The molecule has 1 aliphatic carbocycles. The topological polar surface area (TPSA) is 41.3 Å². The lowest BCUT2D eigenvalue weighted by molar-refractivity contribution is 0.0320. The highest BCUT2D eigenvalue weighted by Gasteiger charge is 2.38. The second-order valence-corrected chi connectivity index (χ2v) is 5.67. The molecule has 2 aliphatic rings. The summed E-state index contributed by atoms with van der Waals surface area (Å²) in [6.45, 7) is 5.55. The van der Waals surface area contributed by atoms with Crippen molar-refractivity contribution in [1.29, 1.82) is 0 Å². The van der Waals surface area contributed by atoms with Gasteiger partial charge in [-0.05, 0) is 31.6 Å². The van der Waals surface area contributed by atoms with Crippen LogP contribution in [0, 0.1) is 5.92 Å². The number of hydrogen-bond acceptors (Lipinski definition) is 3. The van der Waals surface area contributed by atoms with Crippen molar-refractivity contribution >= 4 is 0 Å². The molecule has 1 aliphatic heterocycles. The van der Waals surface area contributed by atoms with Crippen molar-refractivity contribution in [1.82, 2.24) is 10.4 Å². The van der Waals surface area contributed by atoms with Crippen molar-refractivity contribution in [3.63, 3.8) is 0 Å². The summed E-state index contributed by atoms with van der Waals surface area (Å²) in [6.07, 6.45) is 9.36. The van der Waals surface area contributed by atoms with Crippen LogP contribution in [0.2, 0.25) is 0 Å². The van der Waals surface area contributed by atoms with Gasteiger partial charge in [0.25, 0.3) is 0 Å². The number of hydrogen-bond donors (Lipinski definition) is 2. The summed E-state index contributed by atoms with van der Waals surface area (Å²) in [7, 11) is 0. The highest BCUT2D eigenvalue weighted by Crippen LogP contribution is 2.33. The van der Waals surface area contributed by atoms with E-state index in [0.717, 1.165) is 6.54 Å². The van der Waals surface area contributed by atoms with Crippen LogP contribution in [0.15, 0.2) is 0 Å². The Morgan fingerprint density at radius 2 is 1.94 bits per heavy atom. The zero-order chi connectivity index (χ0) is 11.4. The monoisotopic (exact) mass is 225 g/mol. The summed E-state index contributed by atoms with van der Waals surface area (Å²) >= 11 is 0. The van der Waals surface area contributed by atoms with Gasteiger partial charge in [0.2, 0.25) is 0 Å². The summed E-state index contributed by atoms with van der Waals surface area (Å²) in [5.41, 5.74) is 10.0. The molecule has 1 heterocycles. The Morgan fingerprint density at radius 3 is 2.56 bits per heavy atom. The second kappa shape index (κ2) is 5.48. The maximum Gasteiger partial charge on any atom is 0.0473 e.